The SMILES string of the molecule is CN(C(=O)C1CCCN(S(=O)(=O)c2cccc3nsnc23)C1)c1ccc(Br)cc1. The highest BCUT2D eigenvalue weighted by Gasteiger charge is 2.35. The van der Waals surface area contributed by atoms with Crippen molar-refractivity contribution in [2.75, 3.05) is 25.0 Å². The van der Waals surface area contributed by atoms with Gasteiger partial charge in [-0.05, 0) is 49.2 Å². The van der Waals surface area contributed by atoms with Crippen LogP contribution < -0.4 is 4.90 Å². The number of carbonyl (C=O) groups is 1. The Balaban J connectivity index is 1.57. The highest BCUT2D eigenvalue weighted by atomic mass is 79.9. The molecule has 1 unspecified atom stereocenters. The summed E-state index contributed by atoms with van der Waals surface area (Å²) in [5.74, 6) is -0.472. The zero-order valence-electron chi connectivity index (χ0n) is 15.7. The van der Waals surface area contributed by atoms with E-state index in [0.717, 1.165) is 21.9 Å². The molecule has 1 atom stereocenters. The fourth-order valence-electron chi connectivity index (χ4n) is 3.56. The molecule has 1 aliphatic heterocycles. The summed E-state index contributed by atoms with van der Waals surface area (Å²) >= 11 is 4.38. The van der Waals surface area contributed by atoms with E-state index in [1.54, 1.807) is 30.1 Å². The van der Waals surface area contributed by atoms with Crippen molar-refractivity contribution >= 4 is 60.3 Å². The van der Waals surface area contributed by atoms with Crippen molar-refractivity contribution in [3.63, 3.8) is 0 Å². The Bertz CT molecular complexity index is 1150. The van der Waals surface area contributed by atoms with E-state index >= 15 is 0 Å². The first kappa shape index (κ1) is 20.4. The van der Waals surface area contributed by atoms with Crippen molar-refractivity contribution in [1.29, 1.82) is 0 Å². The standard InChI is InChI=1S/C19H19BrN4O3S2/c1-23(15-9-7-14(20)8-10-15)19(25)13-4-3-11-24(12-13)29(26,27)17-6-2-5-16-18(17)22-28-21-16/h2,5-10,13H,3-4,11-12H2,1H3. The van der Waals surface area contributed by atoms with Crippen LogP contribution in [0.25, 0.3) is 11.0 Å². The average molecular weight is 495 g/mol. The van der Waals surface area contributed by atoms with Gasteiger partial charge in [-0.15, -0.1) is 0 Å². The number of hydrogen-bond donors (Lipinski definition) is 0. The third-order valence-corrected chi connectivity index (χ3v) is 8.11. The third kappa shape index (κ3) is 3.94. The molecule has 3 aromatic rings. The number of carbonyl (C=O) groups excluding carboxylic acids is 1. The third-order valence-electron chi connectivity index (χ3n) is 5.14. The van der Waals surface area contributed by atoms with Gasteiger partial charge in [0.1, 0.15) is 15.9 Å². The molecule has 0 saturated carbocycles. The molecule has 1 aromatic heterocycles. The molecule has 29 heavy (non-hydrogen) atoms. The lowest BCUT2D eigenvalue weighted by atomic mass is 9.98. The van der Waals surface area contributed by atoms with Gasteiger partial charge in [0, 0.05) is 30.3 Å². The van der Waals surface area contributed by atoms with Gasteiger partial charge in [0.2, 0.25) is 15.9 Å². The lowest BCUT2D eigenvalue weighted by Gasteiger charge is -2.33. The topological polar surface area (TPSA) is 83.5 Å². The Kier molecular flexibility index (Phi) is 5.69. The summed E-state index contributed by atoms with van der Waals surface area (Å²) in [5.41, 5.74) is 1.73. The molecule has 0 aliphatic carbocycles. The van der Waals surface area contributed by atoms with E-state index in [9.17, 15) is 13.2 Å². The van der Waals surface area contributed by atoms with E-state index in [0.29, 0.717) is 30.4 Å². The monoisotopic (exact) mass is 494 g/mol. The van der Waals surface area contributed by atoms with Gasteiger partial charge in [0.05, 0.1) is 17.6 Å². The zero-order valence-corrected chi connectivity index (χ0v) is 18.9. The molecule has 10 heteroatoms. The van der Waals surface area contributed by atoms with Gasteiger partial charge in [-0.2, -0.15) is 13.1 Å². The minimum atomic E-state index is -3.76. The van der Waals surface area contributed by atoms with Crippen molar-refractivity contribution in [1.82, 2.24) is 13.1 Å². The fraction of sp³-hybridized carbons (Fsp3) is 0.316. The normalized spacial score (nSPS) is 18.1. The Morgan fingerprint density at radius 2 is 1.97 bits per heavy atom. The van der Waals surface area contributed by atoms with Crippen LogP contribution in [0, 0.1) is 5.92 Å². The van der Waals surface area contributed by atoms with E-state index < -0.39 is 10.0 Å². The molecule has 152 valence electrons. The van der Waals surface area contributed by atoms with Gasteiger partial charge in [0.15, 0.2) is 0 Å². The smallest absolute Gasteiger partial charge is 0.245 e. The lowest BCUT2D eigenvalue weighted by Crippen LogP contribution is -2.46. The molecule has 4 rings (SSSR count). The Labute approximate surface area is 181 Å². The van der Waals surface area contributed by atoms with Crippen molar-refractivity contribution in [2.45, 2.75) is 17.7 Å². The number of piperidine rings is 1. The van der Waals surface area contributed by atoms with E-state index in [4.69, 9.17) is 0 Å². The van der Waals surface area contributed by atoms with Gasteiger partial charge in [-0.25, -0.2) is 8.42 Å². The molecule has 1 saturated heterocycles. The molecule has 1 aliphatic rings. The maximum Gasteiger partial charge on any atom is 0.245 e. The summed E-state index contributed by atoms with van der Waals surface area (Å²) in [6.07, 6.45) is 1.29. The second-order valence-electron chi connectivity index (χ2n) is 6.96. The van der Waals surface area contributed by atoms with Crippen LogP contribution in [-0.2, 0) is 14.8 Å². The summed E-state index contributed by atoms with van der Waals surface area (Å²) in [7, 11) is -2.04. The predicted molar refractivity (Wildman–Crippen MR) is 116 cm³/mol. The van der Waals surface area contributed by atoms with Gasteiger partial charge < -0.3 is 4.90 Å². The van der Waals surface area contributed by atoms with Crippen LogP contribution in [-0.4, -0.2) is 47.5 Å². The molecule has 1 amide bonds. The highest BCUT2D eigenvalue weighted by molar-refractivity contribution is 9.10. The predicted octanol–water partition coefficient (Wildman–Crippen LogP) is 3.52. The number of anilines is 1. The summed E-state index contributed by atoms with van der Waals surface area (Å²) in [6, 6.07) is 12.4. The van der Waals surface area contributed by atoms with Gasteiger partial charge in [-0.3, -0.25) is 4.79 Å². The van der Waals surface area contributed by atoms with Crippen molar-refractivity contribution < 1.29 is 13.2 Å². The second-order valence-corrected chi connectivity index (χ2v) is 10.3. The summed E-state index contributed by atoms with van der Waals surface area (Å²) in [4.78, 5) is 14.8. The van der Waals surface area contributed by atoms with Gasteiger partial charge in [-0.1, -0.05) is 22.0 Å². The van der Waals surface area contributed by atoms with Gasteiger partial charge >= 0.3 is 0 Å². The molecule has 7 nitrogen and oxygen atoms in total. The van der Waals surface area contributed by atoms with E-state index in [1.165, 1.54) is 4.31 Å². The summed E-state index contributed by atoms with van der Waals surface area (Å²) in [6.45, 7) is 0.554. The van der Waals surface area contributed by atoms with Crippen molar-refractivity contribution in [3.8, 4) is 0 Å². The van der Waals surface area contributed by atoms with Crippen molar-refractivity contribution in [2.24, 2.45) is 5.92 Å². The van der Waals surface area contributed by atoms with E-state index in [2.05, 4.69) is 24.7 Å². The fourth-order valence-corrected chi connectivity index (χ4v) is 6.10. The summed E-state index contributed by atoms with van der Waals surface area (Å²) < 4.78 is 37.2. The number of aromatic nitrogens is 2. The van der Waals surface area contributed by atoms with Gasteiger partial charge in [0.25, 0.3) is 0 Å². The number of benzene rings is 2. The number of sulfonamides is 1. The van der Waals surface area contributed by atoms with Crippen molar-refractivity contribution in [3.05, 3.63) is 46.9 Å². The quantitative estimate of drug-likeness (QED) is 0.553. The summed E-state index contributed by atoms with van der Waals surface area (Å²) in [5, 5.41) is 0. The molecular weight excluding hydrogens is 476 g/mol. The molecular formula is C19H19BrN4O3S2. The lowest BCUT2D eigenvalue weighted by molar-refractivity contribution is -0.123. The first-order valence-corrected chi connectivity index (χ1v) is 12.1. The van der Waals surface area contributed by atoms with Crippen LogP contribution in [0.4, 0.5) is 5.69 Å². The number of nitrogens with zero attached hydrogens (tertiary/aromatic N) is 4. The number of rotatable bonds is 4. The van der Waals surface area contributed by atoms with Crippen LogP contribution in [0.5, 0.6) is 0 Å². The van der Waals surface area contributed by atoms with Crippen LogP contribution >= 0.6 is 27.7 Å². The Morgan fingerprint density at radius 1 is 1.21 bits per heavy atom. The zero-order chi connectivity index (χ0) is 20.6. The number of hydrogen-bond acceptors (Lipinski definition) is 6. The number of fused-ring (bicyclic) bond motifs is 1. The molecule has 0 N–H and O–H groups in total. The molecule has 0 radical (unpaired) electrons. The second kappa shape index (κ2) is 8.10. The highest BCUT2D eigenvalue weighted by Crippen LogP contribution is 2.29. The van der Waals surface area contributed by atoms with Crippen LogP contribution in [0.2, 0.25) is 0 Å². The molecule has 0 spiro atoms. The first-order valence-electron chi connectivity index (χ1n) is 9.12. The van der Waals surface area contributed by atoms with E-state index in [1.807, 2.05) is 24.3 Å². The maximum atomic E-state index is 13.3. The minimum Gasteiger partial charge on any atom is -0.315 e. The Hall–Kier alpha value is -1.88. The van der Waals surface area contributed by atoms with E-state index in [-0.39, 0.29) is 23.3 Å². The number of amides is 1. The minimum absolute atomic E-state index is 0.0826. The first-order chi connectivity index (χ1) is 13.9. The maximum absolute atomic E-state index is 13.3. The average Bonchev–Trinajstić information content (AvgIpc) is 3.22. The number of halogens is 1. The molecule has 1 fully saturated rings. The van der Waals surface area contributed by atoms with Crippen LogP contribution in [0.1, 0.15) is 12.8 Å². The largest absolute Gasteiger partial charge is 0.315 e. The molecule has 2 aromatic carbocycles. The van der Waals surface area contributed by atoms with Crippen LogP contribution in [0.15, 0.2) is 51.8 Å². The van der Waals surface area contributed by atoms with Crippen LogP contribution in [0.3, 0.4) is 0 Å². The molecule has 2 heterocycles. The Morgan fingerprint density at radius 3 is 2.72 bits per heavy atom. The molecule has 0 bridgehead atoms.